The maximum Gasteiger partial charge on any atom is 0.210 e. The van der Waals surface area contributed by atoms with Crippen molar-refractivity contribution in [2.45, 2.75) is 32.7 Å². The molecule has 0 amide bonds. The number of rotatable bonds is 4. The van der Waals surface area contributed by atoms with Gasteiger partial charge in [-0.05, 0) is 90.4 Å². The van der Waals surface area contributed by atoms with Gasteiger partial charge in [0.15, 0.2) is 0 Å². The number of fused-ring (bicyclic) bond motifs is 1. The number of benzene rings is 2. The van der Waals surface area contributed by atoms with Gasteiger partial charge < -0.3 is 15.1 Å². The van der Waals surface area contributed by atoms with E-state index >= 15 is 0 Å². The van der Waals surface area contributed by atoms with Crippen molar-refractivity contribution in [3.8, 4) is 11.6 Å². The SMILES string of the molecule is CC(C)N1CCN(c2ccc(C3=C(c4ccc(O)nc4)CCc4ccc(O)cc43)cc2)CC1. The Hall–Kier alpha value is -3.31. The molecule has 1 aromatic heterocycles. The van der Waals surface area contributed by atoms with Gasteiger partial charge >= 0.3 is 0 Å². The minimum absolute atomic E-state index is 0.0247. The Kier molecular flexibility index (Phi) is 5.81. The number of aryl methyl sites for hydroxylation is 1. The van der Waals surface area contributed by atoms with Gasteiger partial charge in [-0.2, -0.15) is 0 Å². The van der Waals surface area contributed by atoms with Gasteiger partial charge in [0.25, 0.3) is 0 Å². The normalized spacial score (nSPS) is 16.9. The number of aromatic hydroxyl groups is 2. The molecule has 2 heterocycles. The molecule has 0 atom stereocenters. The molecule has 2 aromatic carbocycles. The molecule has 0 spiro atoms. The molecular formula is C28H31N3O2. The summed E-state index contributed by atoms with van der Waals surface area (Å²) in [5.41, 5.74) is 8.03. The largest absolute Gasteiger partial charge is 0.508 e. The van der Waals surface area contributed by atoms with Gasteiger partial charge in [0, 0.05) is 50.2 Å². The Labute approximate surface area is 195 Å². The average Bonchev–Trinajstić information content (AvgIpc) is 2.84. The molecule has 1 aliphatic carbocycles. The van der Waals surface area contributed by atoms with Crippen LogP contribution in [0.1, 0.15) is 42.5 Å². The van der Waals surface area contributed by atoms with Crippen LogP contribution in [0.25, 0.3) is 11.1 Å². The highest BCUT2D eigenvalue weighted by molar-refractivity contribution is 6.01. The zero-order chi connectivity index (χ0) is 22.9. The van der Waals surface area contributed by atoms with Gasteiger partial charge in [0.2, 0.25) is 5.88 Å². The van der Waals surface area contributed by atoms with Crippen molar-refractivity contribution in [3.63, 3.8) is 0 Å². The van der Waals surface area contributed by atoms with Crippen LogP contribution in [0.2, 0.25) is 0 Å². The van der Waals surface area contributed by atoms with Gasteiger partial charge in [-0.15, -0.1) is 0 Å². The molecule has 5 heteroatoms. The number of phenolic OH excluding ortho intramolecular Hbond substituents is 1. The van der Waals surface area contributed by atoms with Crippen LogP contribution in [0.4, 0.5) is 5.69 Å². The number of hydrogen-bond acceptors (Lipinski definition) is 5. The van der Waals surface area contributed by atoms with Crippen LogP contribution in [0.15, 0.2) is 60.8 Å². The topological polar surface area (TPSA) is 59.8 Å². The maximum atomic E-state index is 10.2. The van der Waals surface area contributed by atoms with Crippen LogP contribution in [-0.2, 0) is 6.42 Å². The van der Waals surface area contributed by atoms with Crippen LogP contribution < -0.4 is 4.90 Å². The van der Waals surface area contributed by atoms with Gasteiger partial charge in [-0.3, -0.25) is 4.90 Å². The molecule has 0 unspecified atom stereocenters. The van der Waals surface area contributed by atoms with Crippen LogP contribution >= 0.6 is 0 Å². The highest BCUT2D eigenvalue weighted by Gasteiger charge is 2.23. The monoisotopic (exact) mass is 441 g/mol. The standard InChI is InChI=1S/C28H31N3O2/c1-19(2)30-13-15-31(16-14-30)23-8-3-21(4-9-23)28-25(22-7-12-27(33)29-18-22)11-6-20-5-10-24(32)17-26(20)28/h3-5,7-10,12,17-19,32H,6,11,13-16H2,1-2H3,(H,29,33). The van der Waals surface area contributed by atoms with Crippen molar-refractivity contribution in [3.05, 3.63) is 83.0 Å². The summed E-state index contributed by atoms with van der Waals surface area (Å²) in [4.78, 5) is 9.10. The zero-order valence-corrected chi connectivity index (χ0v) is 19.3. The lowest BCUT2D eigenvalue weighted by molar-refractivity contribution is 0.209. The summed E-state index contributed by atoms with van der Waals surface area (Å²) in [6.07, 6.45) is 3.53. The van der Waals surface area contributed by atoms with Gasteiger partial charge in [0.05, 0.1) is 0 Å². The summed E-state index contributed by atoms with van der Waals surface area (Å²) in [6, 6.07) is 18.7. The van der Waals surface area contributed by atoms with Gasteiger partial charge in [-0.1, -0.05) is 18.2 Å². The Morgan fingerprint density at radius 1 is 0.818 bits per heavy atom. The predicted molar refractivity (Wildman–Crippen MR) is 134 cm³/mol. The van der Waals surface area contributed by atoms with Crippen LogP contribution in [-0.4, -0.2) is 52.3 Å². The quantitative estimate of drug-likeness (QED) is 0.601. The van der Waals surface area contributed by atoms with Gasteiger partial charge in [-0.25, -0.2) is 4.98 Å². The van der Waals surface area contributed by atoms with Crippen molar-refractivity contribution >= 4 is 16.8 Å². The Morgan fingerprint density at radius 3 is 2.21 bits per heavy atom. The van der Waals surface area contributed by atoms with E-state index in [2.05, 4.69) is 52.9 Å². The van der Waals surface area contributed by atoms with E-state index in [0.717, 1.165) is 61.3 Å². The van der Waals surface area contributed by atoms with Crippen molar-refractivity contribution in [1.29, 1.82) is 0 Å². The summed E-state index contributed by atoms with van der Waals surface area (Å²) < 4.78 is 0. The van der Waals surface area contributed by atoms with E-state index < -0.39 is 0 Å². The summed E-state index contributed by atoms with van der Waals surface area (Å²) in [5, 5.41) is 19.9. The van der Waals surface area contributed by atoms with Crippen molar-refractivity contribution in [2.24, 2.45) is 0 Å². The summed E-state index contributed by atoms with van der Waals surface area (Å²) in [6.45, 7) is 8.80. The van der Waals surface area contributed by atoms with Crippen molar-refractivity contribution in [2.75, 3.05) is 31.1 Å². The molecule has 170 valence electrons. The van der Waals surface area contributed by atoms with E-state index in [1.165, 1.54) is 16.8 Å². The fourth-order valence-corrected chi connectivity index (χ4v) is 5.08. The molecular weight excluding hydrogens is 410 g/mol. The zero-order valence-electron chi connectivity index (χ0n) is 19.3. The second-order valence-electron chi connectivity index (χ2n) is 9.26. The summed E-state index contributed by atoms with van der Waals surface area (Å²) in [7, 11) is 0. The van der Waals surface area contributed by atoms with E-state index in [0.29, 0.717) is 6.04 Å². The molecule has 0 radical (unpaired) electrons. The average molecular weight is 442 g/mol. The third kappa shape index (κ3) is 4.33. The third-order valence-corrected chi connectivity index (χ3v) is 6.97. The number of aromatic nitrogens is 1. The molecule has 5 nitrogen and oxygen atoms in total. The molecule has 0 saturated carbocycles. The minimum atomic E-state index is 0.0247. The van der Waals surface area contributed by atoms with E-state index in [-0.39, 0.29) is 11.6 Å². The number of nitrogens with zero attached hydrogens (tertiary/aromatic N) is 3. The van der Waals surface area contributed by atoms with E-state index in [1.54, 1.807) is 18.3 Å². The van der Waals surface area contributed by atoms with Crippen LogP contribution in [0.5, 0.6) is 11.6 Å². The molecule has 3 aromatic rings. The minimum Gasteiger partial charge on any atom is -0.508 e. The fourth-order valence-electron chi connectivity index (χ4n) is 5.08. The Balaban J connectivity index is 1.52. The molecule has 0 bridgehead atoms. The number of piperazine rings is 1. The number of anilines is 1. The first kappa shape index (κ1) is 21.5. The molecule has 1 aliphatic heterocycles. The fraction of sp³-hybridized carbons (Fsp3) is 0.321. The smallest absolute Gasteiger partial charge is 0.210 e. The van der Waals surface area contributed by atoms with E-state index in [4.69, 9.17) is 0 Å². The molecule has 1 fully saturated rings. The third-order valence-electron chi connectivity index (χ3n) is 6.97. The lowest BCUT2D eigenvalue weighted by Gasteiger charge is -2.38. The highest BCUT2D eigenvalue weighted by atomic mass is 16.3. The molecule has 2 N–H and O–H groups in total. The summed E-state index contributed by atoms with van der Waals surface area (Å²) in [5.74, 6) is 0.299. The first-order chi connectivity index (χ1) is 16.0. The summed E-state index contributed by atoms with van der Waals surface area (Å²) >= 11 is 0. The van der Waals surface area contributed by atoms with E-state index in [9.17, 15) is 10.2 Å². The van der Waals surface area contributed by atoms with Crippen LogP contribution in [0.3, 0.4) is 0 Å². The first-order valence-electron chi connectivity index (χ1n) is 11.8. The van der Waals surface area contributed by atoms with Gasteiger partial charge in [0.1, 0.15) is 5.75 Å². The molecule has 1 saturated heterocycles. The van der Waals surface area contributed by atoms with E-state index in [1.807, 2.05) is 18.2 Å². The first-order valence-corrected chi connectivity index (χ1v) is 11.8. The maximum absolute atomic E-state index is 10.2. The Morgan fingerprint density at radius 2 is 1.55 bits per heavy atom. The molecule has 5 rings (SSSR count). The molecule has 33 heavy (non-hydrogen) atoms. The predicted octanol–water partition coefficient (Wildman–Crippen LogP) is 4.93. The lowest BCUT2D eigenvalue weighted by atomic mass is 9.80. The van der Waals surface area contributed by atoms with Crippen LogP contribution in [0, 0.1) is 0 Å². The second kappa shape index (κ2) is 8.91. The highest BCUT2D eigenvalue weighted by Crippen LogP contribution is 2.42. The number of hydrogen-bond donors (Lipinski definition) is 2. The number of allylic oxidation sites excluding steroid dienone is 1. The molecule has 2 aliphatic rings. The lowest BCUT2D eigenvalue weighted by Crippen LogP contribution is -2.48. The number of pyridine rings is 1. The second-order valence-corrected chi connectivity index (χ2v) is 9.26. The van der Waals surface area contributed by atoms with Crippen molar-refractivity contribution in [1.82, 2.24) is 9.88 Å². The Bertz CT molecular complexity index is 1160. The number of phenols is 1. The van der Waals surface area contributed by atoms with Crippen molar-refractivity contribution < 1.29 is 10.2 Å².